The summed E-state index contributed by atoms with van der Waals surface area (Å²) in [5, 5.41) is 16.6. The first-order valence-corrected chi connectivity index (χ1v) is 9.12. The number of hydrogen-bond acceptors (Lipinski definition) is 6. The van der Waals surface area contributed by atoms with E-state index in [-0.39, 0.29) is 5.75 Å². The first kappa shape index (κ1) is 20.5. The zero-order chi connectivity index (χ0) is 20.9. The summed E-state index contributed by atoms with van der Waals surface area (Å²) in [6, 6.07) is 12.2. The summed E-state index contributed by atoms with van der Waals surface area (Å²) in [5.74, 6) is -0.382. The number of rotatable bonds is 8. The van der Waals surface area contributed by atoms with Gasteiger partial charge in [-0.15, -0.1) is 30.0 Å². The number of benzene rings is 2. The maximum Gasteiger partial charge on any atom is 0.573 e. The molecule has 152 valence electrons. The molecule has 0 unspecified atom stereocenters. The molecular weight excluding hydrogens is 411 g/mol. The van der Waals surface area contributed by atoms with Crippen molar-refractivity contribution in [3.63, 3.8) is 0 Å². The van der Waals surface area contributed by atoms with E-state index in [0.717, 1.165) is 4.90 Å². The lowest BCUT2D eigenvalue weighted by Gasteiger charge is -2.08. The van der Waals surface area contributed by atoms with Gasteiger partial charge in [0, 0.05) is 10.6 Å². The van der Waals surface area contributed by atoms with Crippen LogP contribution in [0.1, 0.15) is 5.69 Å². The molecule has 29 heavy (non-hydrogen) atoms. The average molecular weight is 425 g/mol. The van der Waals surface area contributed by atoms with Crippen molar-refractivity contribution in [1.29, 1.82) is 0 Å². The molecular formula is C18H14F3N3O4S. The highest BCUT2D eigenvalue weighted by Gasteiger charge is 2.30. The van der Waals surface area contributed by atoms with E-state index < -0.39 is 18.9 Å². The normalized spacial score (nSPS) is 11.3. The molecule has 1 heterocycles. The maximum absolute atomic E-state index is 12.2. The average Bonchev–Trinajstić information content (AvgIpc) is 3.14. The molecule has 1 aromatic heterocycles. The third-order valence-corrected chi connectivity index (χ3v) is 4.49. The standard InChI is InChI=1S/C18H14F3N3O4S/c19-18(20,21)28-15-3-1-13(2-4-15)24-9-12(22-23-24)11-29-16-7-5-14(6-8-16)27-10-17(25)26/h1-9H,10-11H2,(H,25,26). The number of ether oxygens (including phenoxy) is 2. The van der Waals surface area contributed by atoms with Crippen LogP contribution in [0.4, 0.5) is 13.2 Å². The lowest BCUT2D eigenvalue weighted by molar-refractivity contribution is -0.274. The molecule has 11 heteroatoms. The molecule has 0 aliphatic heterocycles. The molecule has 0 aliphatic rings. The molecule has 7 nitrogen and oxygen atoms in total. The number of halogens is 3. The number of carboxylic acids is 1. The van der Waals surface area contributed by atoms with Gasteiger partial charge in [-0.2, -0.15) is 0 Å². The fourth-order valence-electron chi connectivity index (χ4n) is 2.23. The van der Waals surface area contributed by atoms with E-state index in [4.69, 9.17) is 9.84 Å². The third kappa shape index (κ3) is 6.42. The summed E-state index contributed by atoms with van der Waals surface area (Å²) in [6.45, 7) is -0.404. The first-order chi connectivity index (χ1) is 13.8. The van der Waals surface area contributed by atoms with E-state index in [2.05, 4.69) is 15.0 Å². The van der Waals surface area contributed by atoms with Gasteiger partial charge in [-0.1, -0.05) is 5.21 Å². The Balaban J connectivity index is 1.55. The molecule has 3 aromatic rings. The molecule has 2 aromatic carbocycles. The van der Waals surface area contributed by atoms with Crippen LogP contribution >= 0.6 is 11.8 Å². The van der Waals surface area contributed by atoms with E-state index >= 15 is 0 Å². The van der Waals surface area contributed by atoms with Gasteiger partial charge >= 0.3 is 12.3 Å². The lowest BCUT2D eigenvalue weighted by atomic mass is 10.3. The SMILES string of the molecule is O=C(O)COc1ccc(SCc2cn(-c3ccc(OC(F)(F)F)cc3)nn2)cc1. The van der Waals surface area contributed by atoms with Gasteiger partial charge in [0.25, 0.3) is 0 Å². The molecule has 0 aliphatic carbocycles. The number of carboxylic acid groups (broad SMARTS) is 1. The number of aliphatic carboxylic acids is 1. The predicted molar refractivity (Wildman–Crippen MR) is 97.2 cm³/mol. The molecule has 0 radical (unpaired) electrons. The van der Waals surface area contributed by atoms with Crippen LogP contribution in [0, 0.1) is 0 Å². The third-order valence-electron chi connectivity index (χ3n) is 3.45. The number of thioether (sulfide) groups is 1. The Morgan fingerprint density at radius 3 is 2.34 bits per heavy atom. The summed E-state index contributed by atoms with van der Waals surface area (Å²) in [5.41, 5.74) is 1.22. The first-order valence-electron chi connectivity index (χ1n) is 8.13. The molecule has 0 fully saturated rings. The Kier molecular flexibility index (Phi) is 6.27. The van der Waals surface area contributed by atoms with E-state index in [1.807, 2.05) is 0 Å². The highest BCUT2D eigenvalue weighted by atomic mass is 32.2. The smallest absolute Gasteiger partial charge is 0.482 e. The van der Waals surface area contributed by atoms with Crippen LogP contribution < -0.4 is 9.47 Å². The van der Waals surface area contributed by atoms with Gasteiger partial charge < -0.3 is 14.6 Å². The van der Waals surface area contributed by atoms with Crippen molar-refractivity contribution >= 4 is 17.7 Å². The van der Waals surface area contributed by atoms with Crippen molar-refractivity contribution in [2.75, 3.05) is 6.61 Å². The van der Waals surface area contributed by atoms with Crippen molar-refractivity contribution in [1.82, 2.24) is 15.0 Å². The summed E-state index contributed by atoms with van der Waals surface area (Å²) in [6.07, 6.45) is -3.06. The fraction of sp³-hybridized carbons (Fsp3) is 0.167. The van der Waals surface area contributed by atoms with Crippen LogP contribution in [0.2, 0.25) is 0 Å². The summed E-state index contributed by atoms with van der Waals surface area (Å²) in [7, 11) is 0. The topological polar surface area (TPSA) is 86.5 Å². The minimum absolute atomic E-state index is 0.312. The highest BCUT2D eigenvalue weighted by Crippen LogP contribution is 2.26. The van der Waals surface area contributed by atoms with E-state index in [0.29, 0.717) is 22.9 Å². The maximum atomic E-state index is 12.2. The van der Waals surface area contributed by atoms with Crippen LogP contribution in [0.3, 0.4) is 0 Å². The Bertz CT molecular complexity index is 960. The number of aromatic nitrogens is 3. The van der Waals surface area contributed by atoms with Gasteiger partial charge in [0.05, 0.1) is 17.6 Å². The van der Waals surface area contributed by atoms with Crippen LogP contribution in [-0.2, 0) is 10.5 Å². The van der Waals surface area contributed by atoms with E-state index in [1.165, 1.54) is 40.7 Å². The summed E-state index contributed by atoms with van der Waals surface area (Å²) in [4.78, 5) is 11.4. The van der Waals surface area contributed by atoms with Crippen molar-refractivity contribution in [2.24, 2.45) is 0 Å². The Morgan fingerprint density at radius 2 is 1.72 bits per heavy atom. The molecule has 1 N–H and O–H groups in total. The number of alkyl halides is 3. The van der Waals surface area contributed by atoms with Gasteiger partial charge in [-0.05, 0) is 48.5 Å². The molecule has 0 amide bonds. The monoisotopic (exact) mass is 425 g/mol. The van der Waals surface area contributed by atoms with Gasteiger partial charge in [0.15, 0.2) is 6.61 Å². The second kappa shape index (κ2) is 8.86. The minimum atomic E-state index is -4.74. The minimum Gasteiger partial charge on any atom is -0.482 e. The fourth-order valence-corrected chi connectivity index (χ4v) is 3.00. The molecule has 3 rings (SSSR count). The van der Waals surface area contributed by atoms with Crippen molar-refractivity contribution < 1.29 is 32.5 Å². The van der Waals surface area contributed by atoms with E-state index in [1.54, 1.807) is 30.5 Å². The number of nitrogens with zero attached hydrogens (tertiary/aromatic N) is 3. The van der Waals surface area contributed by atoms with Gasteiger partial charge in [0.2, 0.25) is 0 Å². The Hall–Kier alpha value is -3.21. The second-order valence-electron chi connectivity index (χ2n) is 5.64. The number of carbonyl (C=O) groups is 1. The van der Waals surface area contributed by atoms with Crippen molar-refractivity contribution in [3.8, 4) is 17.2 Å². The molecule has 0 bridgehead atoms. The molecule has 0 atom stereocenters. The molecule has 0 spiro atoms. The quantitative estimate of drug-likeness (QED) is 0.548. The van der Waals surface area contributed by atoms with Crippen molar-refractivity contribution in [2.45, 2.75) is 17.0 Å². The van der Waals surface area contributed by atoms with Crippen LogP contribution in [0.15, 0.2) is 59.6 Å². The molecule has 0 saturated heterocycles. The van der Waals surface area contributed by atoms with E-state index in [9.17, 15) is 18.0 Å². The zero-order valence-corrected chi connectivity index (χ0v) is 15.5. The van der Waals surface area contributed by atoms with Crippen molar-refractivity contribution in [3.05, 3.63) is 60.4 Å². The van der Waals surface area contributed by atoms with Gasteiger partial charge in [0.1, 0.15) is 11.5 Å². The molecule has 0 saturated carbocycles. The summed E-state index contributed by atoms with van der Waals surface area (Å²) >= 11 is 1.49. The lowest BCUT2D eigenvalue weighted by Crippen LogP contribution is -2.17. The summed E-state index contributed by atoms with van der Waals surface area (Å²) < 4.78 is 47.0. The van der Waals surface area contributed by atoms with Gasteiger partial charge in [-0.3, -0.25) is 0 Å². The predicted octanol–water partition coefficient (Wildman–Crippen LogP) is 3.92. The van der Waals surface area contributed by atoms with Crippen LogP contribution in [0.5, 0.6) is 11.5 Å². The Morgan fingerprint density at radius 1 is 1.07 bits per heavy atom. The van der Waals surface area contributed by atoms with Crippen LogP contribution in [-0.4, -0.2) is 39.0 Å². The zero-order valence-electron chi connectivity index (χ0n) is 14.7. The number of hydrogen-bond donors (Lipinski definition) is 1. The Labute approximate surface area is 167 Å². The van der Waals surface area contributed by atoms with Crippen LogP contribution in [0.25, 0.3) is 5.69 Å². The highest BCUT2D eigenvalue weighted by molar-refractivity contribution is 7.98. The largest absolute Gasteiger partial charge is 0.573 e. The van der Waals surface area contributed by atoms with Gasteiger partial charge in [-0.25, -0.2) is 9.48 Å². The second-order valence-corrected chi connectivity index (χ2v) is 6.69.